The van der Waals surface area contributed by atoms with Crippen LogP contribution in [0.25, 0.3) is 0 Å². The van der Waals surface area contributed by atoms with Crippen LogP contribution in [0.15, 0.2) is 48.5 Å². The summed E-state index contributed by atoms with van der Waals surface area (Å²) in [6.45, 7) is 0. The van der Waals surface area contributed by atoms with E-state index < -0.39 is 11.8 Å². The molecule has 2 aromatic carbocycles. The van der Waals surface area contributed by atoms with Crippen LogP contribution in [-0.2, 0) is 22.4 Å². The van der Waals surface area contributed by atoms with E-state index in [0.717, 1.165) is 24.0 Å². The van der Waals surface area contributed by atoms with Crippen LogP contribution < -0.4 is 10.8 Å². The SMILES string of the molecule is O=C(C[C@@H](Cc1ccc(O)cc1)C(=O)N[C@H]1CCc2ccccc21)NO. The van der Waals surface area contributed by atoms with Gasteiger partial charge in [-0.3, -0.25) is 14.8 Å². The van der Waals surface area contributed by atoms with E-state index in [4.69, 9.17) is 5.21 Å². The Bertz CT molecular complexity index is 789. The second-order valence-corrected chi connectivity index (χ2v) is 6.61. The van der Waals surface area contributed by atoms with Crippen molar-refractivity contribution in [3.63, 3.8) is 0 Å². The summed E-state index contributed by atoms with van der Waals surface area (Å²) in [7, 11) is 0. The van der Waals surface area contributed by atoms with Gasteiger partial charge in [0.15, 0.2) is 0 Å². The number of hydroxylamine groups is 1. The van der Waals surface area contributed by atoms with Gasteiger partial charge in [-0.2, -0.15) is 0 Å². The fourth-order valence-electron chi connectivity index (χ4n) is 3.44. The summed E-state index contributed by atoms with van der Waals surface area (Å²) in [4.78, 5) is 24.4. The molecule has 1 aliphatic carbocycles. The Labute approximate surface area is 151 Å². The molecule has 0 bridgehead atoms. The summed E-state index contributed by atoms with van der Waals surface area (Å²) >= 11 is 0. The van der Waals surface area contributed by atoms with Gasteiger partial charge in [0.1, 0.15) is 5.75 Å². The summed E-state index contributed by atoms with van der Waals surface area (Å²) < 4.78 is 0. The lowest BCUT2D eigenvalue weighted by molar-refractivity contribution is -0.135. The Balaban J connectivity index is 1.72. The Kier molecular flexibility index (Phi) is 5.53. The van der Waals surface area contributed by atoms with Crippen LogP contribution in [0.2, 0.25) is 0 Å². The molecule has 26 heavy (non-hydrogen) atoms. The molecule has 2 aromatic rings. The molecule has 0 fully saturated rings. The van der Waals surface area contributed by atoms with Crippen molar-refractivity contribution in [2.24, 2.45) is 5.92 Å². The van der Waals surface area contributed by atoms with Crippen LogP contribution in [-0.4, -0.2) is 22.1 Å². The number of carbonyl (C=O) groups is 2. The van der Waals surface area contributed by atoms with E-state index in [1.807, 2.05) is 18.2 Å². The molecule has 0 saturated heterocycles. The van der Waals surface area contributed by atoms with Crippen molar-refractivity contribution < 1.29 is 19.9 Å². The zero-order valence-electron chi connectivity index (χ0n) is 14.3. The Morgan fingerprint density at radius 2 is 1.85 bits per heavy atom. The number of benzene rings is 2. The fraction of sp³-hybridized carbons (Fsp3) is 0.300. The third-order valence-corrected chi connectivity index (χ3v) is 4.80. The van der Waals surface area contributed by atoms with Crippen LogP contribution in [0.3, 0.4) is 0 Å². The van der Waals surface area contributed by atoms with Crippen molar-refractivity contribution >= 4 is 11.8 Å². The summed E-state index contributed by atoms with van der Waals surface area (Å²) in [5.74, 6) is -1.29. The van der Waals surface area contributed by atoms with E-state index in [0.29, 0.717) is 6.42 Å². The molecule has 0 saturated carbocycles. The number of aryl methyl sites for hydroxylation is 1. The van der Waals surface area contributed by atoms with Crippen LogP contribution in [0.4, 0.5) is 0 Å². The minimum Gasteiger partial charge on any atom is -0.508 e. The van der Waals surface area contributed by atoms with E-state index in [9.17, 15) is 14.7 Å². The van der Waals surface area contributed by atoms with Gasteiger partial charge in [0.25, 0.3) is 0 Å². The molecule has 0 aliphatic heterocycles. The van der Waals surface area contributed by atoms with Gasteiger partial charge in [0.05, 0.1) is 12.0 Å². The lowest BCUT2D eigenvalue weighted by atomic mass is 9.94. The number of fused-ring (bicyclic) bond motifs is 1. The second-order valence-electron chi connectivity index (χ2n) is 6.61. The van der Waals surface area contributed by atoms with Gasteiger partial charge >= 0.3 is 0 Å². The predicted octanol–water partition coefficient (Wildman–Crippen LogP) is 2.25. The fourth-order valence-corrected chi connectivity index (χ4v) is 3.44. The first-order valence-electron chi connectivity index (χ1n) is 8.66. The van der Waals surface area contributed by atoms with Crippen LogP contribution in [0.5, 0.6) is 5.75 Å². The summed E-state index contributed by atoms with van der Waals surface area (Å²) in [6.07, 6.45) is 1.98. The molecule has 0 aromatic heterocycles. The zero-order chi connectivity index (χ0) is 18.5. The first-order chi connectivity index (χ1) is 12.6. The highest BCUT2D eigenvalue weighted by Crippen LogP contribution is 2.31. The van der Waals surface area contributed by atoms with Crippen molar-refractivity contribution in [1.29, 1.82) is 0 Å². The number of rotatable bonds is 6. The van der Waals surface area contributed by atoms with E-state index in [1.165, 1.54) is 5.56 Å². The lowest BCUT2D eigenvalue weighted by Crippen LogP contribution is -2.37. The molecule has 136 valence electrons. The zero-order valence-corrected chi connectivity index (χ0v) is 14.3. The Morgan fingerprint density at radius 1 is 1.12 bits per heavy atom. The molecule has 6 heteroatoms. The van der Waals surface area contributed by atoms with Gasteiger partial charge in [-0.15, -0.1) is 0 Å². The maximum atomic E-state index is 12.8. The van der Waals surface area contributed by atoms with Gasteiger partial charge in [-0.1, -0.05) is 36.4 Å². The molecule has 3 rings (SSSR count). The molecule has 2 atom stereocenters. The molecule has 0 radical (unpaired) electrons. The quantitative estimate of drug-likeness (QED) is 0.472. The predicted molar refractivity (Wildman–Crippen MR) is 95.5 cm³/mol. The van der Waals surface area contributed by atoms with Crippen molar-refractivity contribution in [2.75, 3.05) is 0 Å². The summed E-state index contributed by atoms with van der Waals surface area (Å²) in [6, 6.07) is 14.5. The van der Waals surface area contributed by atoms with Crippen LogP contribution >= 0.6 is 0 Å². The summed E-state index contributed by atoms with van der Waals surface area (Å²) in [5, 5.41) is 21.3. The maximum absolute atomic E-state index is 12.8. The molecule has 6 nitrogen and oxygen atoms in total. The molecule has 0 heterocycles. The van der Waals surface area contributed by atoms with Crippen molar-refractivity contribution in [3.05, 3.63) is 65.2 Å². The first-order valence-corrected chi connectivity index (χ1v) is 8.66. The molecule has 4 N–H and O–H groups in total. The summed E-state index contributed by atoms with van der Waals surface area (Å²) in [5.41, 5.74) is 4.79. The average Bonchev–Trinajstić information content (AvgIpc) is 3.05. The number of hydrogen-bond donors (Lipinski definition) is 4. The monoisotopic (exact) mass is 354 g/mol. The van der Waals surface area contributed by atoms with Crippen molar-refractivity contribution in [1.82, 2.24) is 10.8 Å². The van der Waals surface area contributed by atoms with Gasteiger partial charge in [0.2, 0.25) is 11.8 Å². The minimum absolute atomic E-state index is 0.0572. The standard InChI is InChI=1S/C20H22N2O4/c23-16-8-5-13(6-9-16)11-15(12-19(24)22-26)20(25)21-18-10-7-14-3-1-2-4-17(14)18/h1-6,8-9,15,18,23,26H,7,10-12H2,(H,21,25)(H,22,24)/t15-,18+/m1/s1. The second kappa shape index (κ2) is 8.01. The third-order valence-electron chi connectivity index (χ3n) is 4.80. The molecular formula is C20H22N2O4. The van der Waals surface area contributed by atoms with E-state index >= 15 is 0 Å². The van der Waals surface area contributed by atoms with Crippen LogP contribution in [0, 0.1) is 5.92 Å². The van der Waals surface area contributed by atoms with Gasteiger partial charge < -0.3 is 10.4 Å². The smallest absolute Gasteiger partial charge is 0.244 e. The Morgan fingerprint density at radius 3 is 2.58 bits per heavy atom. The van der Waals surface area contributed by atoms with Gasteiger partial charge in [-0.25, -0.2) is 5.48 Å². The lowest BCUT2D eigenvalue weighted by Gasteiger charge is -2.20. The Hall–Kier alpha value is -2.86. The largest absolute Gasteiger partial charge is 0.508 e. The number of carbonyl (C=O) groups excluding carboxylic acids is 2. The molecule has 2 amide bonds. The highest BCUT2D eigenvalue weighted by Gasteiger charge is 2.28. The molecular weight excluding hydrogens is 332 g/mol. The number of hydrogen-bond acceptors (Lipinski definition) is 4. The topological polar surface area (TPSA) is 98.7 Å². The van der Waals surface area contributed by atoms with E-state index in [1.54, 1.807) is 29.7 Å². The van der Waals surface area contributed by atoms with Gasteiger partial charge in [-0.05, 0) is 48.1 Å². The first kappa shape index (κ1) is 17.9. The number of phenolic OH excluding ortho intramolecular Hbond substituents is 1. The highest BCUT2D eigenvalue weighted by atomic mass is 16.5. The number of nitrogens with one attached hydrogen (secondary N) is 2. The number of amides is 2. The number of aromatic hydroxyl groups is 1. The number of phenols is 1. The third kappa shape index (κ3) is 4.21. The van der Waals surface area contributed by atoms with Crippen molar-refractivity contribution in [3.8, 4) is 5.75 Å². The minimum atomic E-state index is -0.612. The van der Waals surface area contributed by atoms with E-state index in [-0.39, 0.29) is 24.1 Å². The molecule has 0 unspecified atom stereocenters. The normalized spacial score (nSPS) is 16.6. The highest BCUT2D eigenvalue weighted by molar-refractivity contribution is 5.86. The molecule has 0 spiro atoms. The maximum Gasteiger partial charge on any atom is 0.244 e. The molecule has 1 aliphatic rings. The van der Waals surface area contributed by atoms with Crippen molar-refractivity contribution in [2.45, 2.75) is 31.7 Å². The average molecular weight is 354 g/mol. The van der Waals surface area contributed by atoms with Gasteiger partial charge in [0, 0.05) is 6.42 Å². The van der Waals surface area contributed by atoms with Crippen LogP contribution in [0.1, 0.15) is 35.6 Å². The van der Waals surface area contributed by atoms with E-state index in [2.05, 4.69) is 11.4 Å².